The Morgan fingerprint density at radius 2 is 1.86 bits per heavy atom. The molecule has 1 N–H and O–H groups in total. The minimum absolute atomic E-state index is 0.102. The molecule has 2 aromatic carbocycles. The molecule has 1 amide bonds. The molecule has 0 saturated heterocycles. The summed E-state index contributed by atoms with van der Waals surface area (Å²) in [7, 11) is -2.05. The second-order valence-corrected chi connectivity index (χ2v) is 8.52. The number of hydrogen-bond donors (Lipinski definition) is 1. The zero-order chi connectivity index (χ0) is 21.1. The van der Waals surface area contributed by atoms with Crippen molar-refractivity contribution in [2.45, 2.75) is 13.8 Å². The third kappa shape index (κ3) is 5.02. The van der Waals surface area contributed by atoms with Gasteiger partial charge in [0.05, 0.1) is 34.7 Å². The van der Waals surface area contributed by atoms with Crippen LogP contribution in [0, 0.1) is 6.92 Å². The summed E-state index contributed by atoms with van der Waals surface area (Å²) in [5.41, 5.74) is 2.03. The average Bonchev–Trinajstić information content (AvgIpc) is 2.62. The van der Waals surface area contributed by atoms with Gasteiger partial charge in [-0.2, -0.15) is 0 Å². The van der Waals surface area contributed by atoms with E-state index in [1.165, 1.54) is 31.3 Å². The Morgan fingerprint density at radius 1 is 1.18 bits per heavy atom. The van der Waals surface area contributed by atoms with Crippen molar-refractivity contribution in [3.63, 3.8) is 0 Å². The zero-order valence-electron chi connectivity index (χ0n) is 15.9. The lowest BCUT2D eigenvalue weighted by Gasteiger charge is -2.17. The summed E-state index contributed by atoms with van der Waals surface area (Å²) < 4.78 is 29.3. The van der Waals surface area contributed by atoms with Gasteiger partial charge in [-0.05, 0) is 49.7 Å². The molecule has 7 nitrogen and oxygen atoms in total. The minimum atomic E-state index is -3.45. The quantitative estimate of drug-likeness (QED) is 0.716. The highest BCUT2D eigenvalue weighted by atomic mass is 35.5. The van der Waals surface area contributed by atoms with Crippen molar-refractivity contribution in [2.75, 3.05) is 29.5 Å². The van der Waals surface area contributed by atoms with Crippen LogP contribution in [0.15, 0.2) is 36.4 Å². The smallest absolute Gasteiger partial charge is 0.338 e. The summed E-state index contributed by atoms with van der Waals surface area (Å²) in [6.07, 6.45) is 1.07. The summed E-state index contributed by atoms with van der Waals surface area (Å²) >= 11 is 6.19. The molecule has 0 radical (unpaired) electrons. The summed E-state index contributed by atoms with van der Waals surface area (Å²) in [4.78, 5) is 24.5. The predicted octanol–water partition coefficient (Wildman–Crippen LogP) is 3.47. The number of esters is 1. The van der Waals surface area contributed by atoms with Crippen LogP contribution < -0.4 is 9.62 Å². The predicted molar refractivity (Wildman–Crippen MR) is 110 cm³/mol. The maximum Gasteiger partial charge on any atom is 0.338 e. The van der Waals surface area contributed by atoms with Gasteiger partial charge < -0.3 is 10.1 Å². The monoisotopic (exact) mass is 424 g/mol. The molecule has 0 spiro atoms. The molecule has 0 bridgehead atoms. The van der Waals surface area contributed by atoms with E-state index in [4.69, 9.17) is 16.3 Å². The van der Waals surface area contributed by atoms with E-state index in [-0.39, 0.29) is 17.2 Å². The van der Waals surface area contributed by atoms with Crippen LogP contribution in [-0.4, -0.2) is 40.2 Å². The molecule has 0 atom stereocenters. The molecule has 0 heterocycles. The number of aryl methyl sites for hydroxylation is 1. The fourth-order valence-corrected chi connectivity index (χ4v) is 3.12. The minimum Gasteiger partial charge on any atom is -0.462 e. The second-order valence-electron chi connectivity index (χ2n) is 6.10. The molecule has 28 heavy (non-hydrogen) atoms. The van der Waals surface area contributed by atoms with Crippen LogP contribution in [0.3, 0.4) is 0 Å². The van der Waals surface area contributed by atoms with E-state index < -0.39 is 21.9 Å². The second kappa shape index (κ2) is 8.62. The van der Waals surface area contributed by atoms with E-state index in [1.54, 1.807) is 26.0 Å². The summed E-state index contributed by atoms with van der Waals surface area (Å²) in [5.74, 6) is -0.966. The van der Waals surface area contributed by atoms with Gasteiger partial charge >= 0.3 is 5.97 Å². The van der Waals surface area contributed by atoms with Gasteiger partial charge in [-0.1, -0.05) is 17.7 Å². The number of sulfonamides is 1. The molecule has 9 heteroatoms. The van der Waals surface area contributed by atoms with Crippen LogP contribution in [0.5, 0.6) is 0 Å². The first-order chi connectivity index (χ1) is 13.0. The number of nitrogens with one attached hydrogen (secondary N) is 1. The Hall–Kier alpha value is -2.58. The lowest BCUT2D eigenvalue weighted by atomic mass is 10.1. The number of rotatable bonds is 6. The van der Waals surface area contributed by atoms with Crippen LogP contribution >= 0.6 is 11.6 Å². The fraction of sp³-hybridized carbons (Fsp3) is 0.263. The van der Waals surface area contributed by atoms with Crippen molar-refractivity contribution in [1.29, 1.82) is 0 Å². The number of amides is 1. The van der Waals surface area contributed by atoms with Crippen LogP contribution in [-0.2, 0) is 14.8 Å². The number of nitrogens with zero attached hydrogens (tertiary/aromatic N) is 1. The van der Waals surface area contributed by atoms with E-state index in [0.29, 0.717) is 16.9 Å². The Labute approximate surface area is 169 Å². The van der Waals surface area contributed by atoms with Crippen LogP contribution in [0.25, 0.3) is 0 Å². The van der Waals surface area contributed by atoms with E-state index in [0.717, 1.165) is 16.1 Å². The van der Waals surface area contributed by atoms with E-state index >= 15 is 0 Å². The zero-order valence-corrected chi connectivity index (χ0v) is 17.5. The molecule has 150 valence electrons. The number of benzene rings is 2. The third-order valence-corrected chi connectivity index (χ3v) is 5.57. The third-order valence-electron chi connectivity index (χ3n) is 4.06. The van der Waals surface area contributed by atoms with Crippen molar-refractivity contribution in [2.24, 2.45) is 0 Å². The van der Waals surface area contributed by atoms with Gasteiger partial charge in [0.15, 0.2) is 0 Å². The molecule has 2 aromatic rings. The van der Waals surface area contributed by atoms with Crippen LogP contribution in [0.4, 0.5) is 11.4 Å². The first kappa shape index (κ1) is 21.7. The highest BCUT2D eigenvalue weighted by Gasteiger charge is 2.17. The van der Waals surface area contributed by atoms with Gasteiger partial charge in [0.1, 0.15) is 0 Å². The normalized spacial score (nSPS) is 11.0. The maximum atomic E-state index is 12.6. The summed E-state index contributed by atoms with van der Waals surface area (Å²) in [5, 5.41) is 2.82. The molecule has 0 aromatic heterocycles. The Bertz CT molecular complexity index is 1020. The van der Waals surface area contributed by atoms with Crippen molar-refractivity contribution >= 4 is 44.9 Å². The van der Waals surface area contributed by atoms with Gasteiger partial charge in [0.25, 0.3) is 5.91 Å². The summed E-state index contributed by atoms with van der Waals surface area (Å²) in [6.45, 7) is 3.75. The SMILES string of the molecule is CCOC(=O)c1ccc(C)c(NC(=O)c2ccc(N(C)S(C)(=O)=O)cc2Cl)c1. The summed E-state index contributed by atoms with van der Waals surface area (Å²) in [6, 6.07) is 9.19. The van der Waals surface area contributed by atoms with Gasteiger partial charge in [0, 0.05) is 12.7 Å². The number of ether oxygens (including phenoxy) is 1. The largest absolute Gasteiger partial charge is 0.462 e. The standard InChI is InChI=1S/C19H21ClN2O5S/c1-5-27-19(24)13-7-6-12(2)17(10-13)21-18(23)15-9-8-14(11-16(15)20)22(3)28(4,25)26/h6-11H,5H2,1-4H3,(H,21,23). The first-order valence-corrected chi connectivity index (χ1v) is 10.6. The van der Waals surface area contributed by atoms with Crippen molar-refractivity contribution < 1.29 is 22.7 Å². The van der Waals surface area contributed by atoms with Gasteiger partial charge in [0.2, 0.25) is 10.0 Å². The van der Waals surface area contributed by atoms with Gasteiger partial charge in [-0.25, -0.2) is 13.2 Å². The highest BCUT2D eigenvalue weighted by Crippen LogP contribution is 2.26. The Balaban J connectivity index is 2.28. The highest BCUT2D eigenvalue weighted by molar-refractivity contribution is 7.92. The topological polar surface area (TPSA) is 92.8 Å². The van der Waals surface area contributed by atoms with Crippen molar-refractivity contribution in [3.05, 3.63) is 58.1 Å². The number of anilines is 2. The fourth-order valence-electron chi connectivity index (χ4n) is 2.36. The lowest BCUT2D eigenvalue weighted by Crippen LogP contribution is -2.25. The van der Waals surface area contributed by atoms with Crippen molar-refractivity contribution in [1.82, 2.24) is 0 Å². The molecule has 0 aliphatic carbocycles. The van der Waals surface area contributed by atoms with Crippen LogP contribution in [0.1, 0.15) is 33.2 Å². The number of carbonyl (C=O) groups excluding carboxylic acids is 2. The molecular formula is C19H21ClN2O5S. The van der Waals surface area contributed by atoms with Crippen molar-refractivity contribution in [3.8, 4) is 0 Å². The van der Waals surface area contributed by atoms with Crippen LogP contribution in [0.2, 0.25) is 5.02 Å². The van der Waals surface area contributed by atoms with Gasteiger partial charge in [-0.15, -0.1) is 0 Å². The number of halogens is 1. The molecule has 0 saturated carbocycles. The Kier molecular flexibility index (Phi) is 6.69. The molecule has 0 aliphatic heterocycles. The average molecular weight is 425 g/mol. The molecule has 2 rings (SSSR count). The molecule has 0 fully saturated rings. The molecule has 0 aliphatic rings. The van der Waals surface area contributed by atoms with Gasteiger partial charge in [-0.3, -0.25) is 9.10 Å². The van der Waals surface area contributed by atoms with E-state index in [1.807, 2.05) is 0 Å². The van der Waals surface area contributed by atoms with E-state index in [9.17, 15) is 18.0 Å². The molecular weight excluding hydrogens is 404 g/mol. The van der Waals surface area contributed by atoms with E-state index in [2.05, 4.69) is 5.32 Å². The number of carbonyl (C=O) groups is 2. The first-order valence-electron chi connectivity index (χ1n) is 8.37. The Morgan fingerprint density at radius 3 is 2.43 bits per heavy atom. The maximum absolute atomic E-state index is 12.6. The molecule has 0 unspecified atom stereocenters. The number of hydrogen-bond acceptors (Lipinski definition) is 5. The lowest BCUT2D eigenvalue weighted by molar-refractivity contribution is 0.0526.